The van der Waals surface area contributed by atoms with Crippen LogP contribution in [0.15, 0.2) is 47.4 Å². The van der Waals surface area contributed by atoms with E-state index in [0.717, 1.165) is 17.3 Å². The van der Waals surface area contributed by atoms with Crippen LogP contribution < -0.4 is 9.46 Å². The van der Waals surface area contributed by atoms with E-state index in [2.05, 4.69) is 13.5 Å². The number of hydrogen-bond acceptors (Lipinski definition) is 6. The first-order valence-electron chi connectivity index (χ1n) is 7.03. The molecule has 120 valence electrons. The van der Waals surface area contributed by atoms with Crippen LogP contribution in [0.1, 0.15) is 12.5 Å². The fourth-order valence-corrected chi connectivity index (χ4v) is 3.97. The minimum absolute atomic E-state index is 0.137. The fourth-order valence-electron chi connectivity index (χ4n) is 2.19. The molecule has 0 amide bonds. The predicted molar refractivity (Wildman–Crippen MR) is 89.1 cm³/mol. The smallest absolute Gasteiger partial charge is 0.243 e. The van der Waals surface area contributed by atoms with Crippen molar-refractivity contribution in [2.24, 2.45) is 0 Å². The molecule has 3 rings (SSSR count). The highest BCUT2D eigenvalue weighted by Crippen LogP contribution is 2.22. The molecule has 6 nitrogen and oxygen atoms in total. The van der Waals surface area contributed by atoms with Crippen LogP contribution >= 0.6 is 11.7 Å². The zero-order valence-corrected chi connectivity index (χ0v) is 14.0. The van der Waals surface area contributed by atoms with E-state index < -0.39 is 10.0 Å². The number of para-hydroxylation sites is 1. The zero-order chi connectivity index (χ0) is 16.3. The topological polar surface area (TPSA) is 81.2 Å². The van der Waals surface area contributed by atoms with E-state index in [1.54, 1.807) is 12.1 Å². The normalized spacial score (nSPS) is 11.7. The molecule has 0 atom stereocenters. The first-order valence-corrected chi connectivity index (χ1v) is 9.25. The Bertz CT molecular complexity index is 922. The molecule has 0 spiro atoms. The molecule has 8 heteroatoms. The lowest BCUT2D eigenvalue weighted by Crippen LogP contribution is -2.23. The standard InChI is InChI=1S/C15H15N3O3S2/c1-2-21-13-8-4-3-6-11(13)10-16-23(19,20)14-9-5-7-12-15(14)18-22-17-12/h3-9,16H,2,10H2,1H3. The molecule has 2 aromatic carbocycles. The molecular weight excluding hydrogens is 334 g/mol. The van der Waals surface area contributed by atoms with Crippen LogP contribution in [0.25, 0.3) is 11.0 Å². The number of nitrogens with one attached hydrogen (secondary N) is 1. The van der Waals surface area contributed by atoms with Crippen LogP contribution in [0.2, 0.25) is 0 Å². The third-order valence-corrected chi connectivity index (χ3v) is 5.24. The van der Waals surface area contributed by atoms with Crippen LogP contribution in [0.5, 0.6) is 5.75 Å². The maximum absolute atomic E-state index is 12.6. The molecular formula is C15H15N3O3S2. The number of benzene rings is 2. The summed E-state index contributed by atoms with van der Waals surface area (Å²) in [4.78, 5) is 0.137. The van der Waals surface area contributed by atoms with E-state index in [9.17, 15) is 8.42 Å². The summed E-state index contributed by atoms with van der Waals surface area (Å²) >= 11 is 0.994. The van der Waals surface area contributed by atoms with Gasteiger partial charge in [-0.25, -0.2) is 13.1 Å². The first-order chi connectivity index (χ1) is 11.1. The summed E-state index contributed by atoms with van der Waals surface area (Å²) in [5.74, 6) is 0.672. The number of ether oxygens (including phenoxy) is 1. The highest BCUT2D eigenvalue weighted by molar-refractivity contribution is 7.89. The van der Waals surface area contributed by atoms with Crippen LogP contribution in [0.4, 0.5) is 0 Å². The van der Waals surface area contributed by atoms with Gasteiger partial charge in [0, 0.05) is 12.1 Å². The van der Waals surface area contributed by atoms with Crippen molar-refractivity contribution in [3.8, 4) is 5.75 Å². The van der Waals surface area contributed by atoms with Crippen molar-refractivity contribution >= 4 is 32.8 Å². The fraction of sp³-hybridized carbons (Fsp3) is 0.200. The molecule has 1 aromatic heterocycles. The highest BCUT2D eigenvalue weighted by Gasteiger charge is 2.19. The van der Waals surface area contributed by atoms with Crippen molar-refractivity contribution < 1.29 is 13.2 Å². The van der Waals surface area contributed by atoms with Gasteiger partial charge >= 0.3 is 0 Å². The lowest BCUT2D eigenvalue weighted by Gasteiger charge is -2.11. The Kier molecular flexibility index (Phi) is 4.56. The van der Waals surface area contributed by atoms with E-state index in [1.165, 1.54) is 6.07 Å². The maximum Gasteiger partial charge on any atom is 0.243 e. The van der Waals surface area contributed by atoms with Gasteiger partial charge < -0.3 is 4.74 Å². The number of rotatable bonds is 6. The van der Waals surface area contributed by atoms with Crippen molar-refractivity contribution in [2.45, 2.75) is 18.4 Å². The van der Waals surface area contributed by atoms with Crippen molar-refractivity contribution in [1.29, 1.82) is 0 Å². The summed E-state index contributed by atoms with van der Waals surface area (Å²) in [5, 5.41) is 0. The SMILES string of the molecule is CCOc1ccccc1CNS(=O)(=O)c1cccc2nsnc12. The molecule has 3 aromatic rings. The molecule has 0 unspecified atom stereocenters. The summed E-state index contributed by atoms with van der Waals surface area (Å²) < 4.78 is 41.4. The molecule has 0 bridgehead atoms. The van der Waals surface area contributed by atoms with Gasteiger partial charge in [0.15, 0.2) is 0 Å². The number of hydrogen-bond donors (Lipinski definition) is 1. The van der Waals surface area contributed by atoms with Crippen LogP contribution in [0.3, 0.4) is 0 Å². The Morgan fingerprint density at radius 1 is 1.13 bits per heavy atom. The van der Waals surface area contributed by atoms with Gasteiger partial charge in [0.25, 0.3) is 0 Å². The van der Waals surface area contributed by atoms with Gasteiger partial charge in [-0.2, -0.15) is 8.75 Å². The third-order valence-electron chi connectivity index (χ3n) is 3.26. The second-order valence-electron chi connectivity index (χ2n) is 4.75. The van der Waals surface area contributed by atoms with Gasteiger partial charge in [0.05, 0.1) is 18.3 Å². The van der Waals surface area contributed by atoms with Crippen LogP contribution in [-0.4, -0.2) is 23.8 Å². The van der Waals surface area contributed by atoms with Gasteiger partial charge in [-0.3, -0.25) is 0 Å². The van der Waals surface area contributed by atoms with Crippen molar-refractivity contribution in [2.75, 3.05) is 6.61 Å². The molecule has 1 heterocycles. The summed E-state index contributed by atoms with van der Waals surface area (Å²) in [5.41, 5.74) is 1.75. The maximum atomic E-state index is 12.6. The lowest BCUT2D eigenvalue weighted by atomic mass is 10.2. The summed E-state index contributed by atoms with van der Waals surface area (Å²) in [6.45, 7) is 2.55. The Labute approximate surface area is 138 Å². The van der Waals surface area contributed by atoms with Gasteiger partial charge in [-0.05, 0) is 25.1 Å². The average molecular weight is 349 g/mol. The largest absolute Gasteiger partial charge is 0.494 e. The third kappa shape index (κ3) is 3.34. The number of nitrogens with zero attached hydrogens (tertiary/aromatic N) is 2. The second kappa shape index (κ2) is 6.61. The van der Waals surface area contributed by atoms with Gasteiger partial charge in [-0.15, -0.1) is 0 Å². The highest BCUT2D eigenvalue weighted by atomic mass is 32.2. The molecule has 23 heavy (non-hydrogen) atoms. The molecule has 1 N–H and O–H groups in total. The summed E-state index contributed by atoms with van der Waals surface area (Å²) in [6, 6.07) is 12.3. The Morgan fingerprint density at radius 3 is 2.78 bits per heavy atom. The monoisotopic (exact) mass is 349 g/mol. The van der Waals surface area contributed by atoms with E-state index in [0.29, 0.717) is 23.4 Å². The Balaban J connectivity index is 1.86. The van der Waals surface area contributed by atoms with Crippen molar-refractivity contribution in [1.82, 2.24) is 13.5 Å². The predicted octanol–water partition coefficient (Wildman–Crippen LogP) is 2.57. The number of aromatic nitrogens is 2. The molecule has 0 saturated heterocycles. The molecule has 0 radical (unpaired) electrons. The van der Waals surface area contributed by atoms with E-state index in [4.69, 9.17) is 4.74 Å². The first kappa shape index (κ1) is 15.9. The average Bonchev–Trinajstić information content (AvgIpc) is 3.03. The molecule has 0 fully saturated rings. The minimum atomic E-state index is -3.69. The lowest BCUT2D eigenvalue weighted by molar-refractivity contribution is 0.336. The Morgan fingerprint density at radius 2 is 1.96 bits per heavy atom. The van der Waals surface area contributed by atoms with Gasteiger partial charge in [-0.1, -0.05) is 24.3 Å². The molecule has 0 aliphatic rings. The molecule has 0 saturated carbocycles. The van der Waals surface area contributed by atoms with Crippen molar-refractivity contribution in [3.63, 3.8) is 0 Å². The zero-order valence-electron chi connectivity index (χ0n) is 12.4. The molecule has 0 aliphatic carbocycles. The number of sulfonamides is 1. The summed E-state index contributed by atoms with van der Waals surface area (Å²) in [6.07, 6.45) is 0. The quantitative estimate of drug-likeness (QED) is 0.740. The minimum Gasteiger partial charge on any atom is -0.494 e. The van der Waals surface area contributed by atoms with Crippen LogP contribution in [0, 0.1) is 0 Å². The molecule has 0 aliphatic heterocycles. The Hall–Kier alpha value is -2.03. The van der Waals surface area contributed by atoms with E-state index in [1.807, 2.05) is 31.2 Å². The van der Waals surface area contributed by atoms with Crippen LogP contribution in [-0.2, 0) is 16.6 Å². The second-order valence-corrected chi connectivity index (χ2v) is 7.02. The van der Waals surface area contributed by atoms with Gasteiger partial charge in [0.2, 0.25) is 10.0 Å². The van der Waals surface area contributed by atoms with E-state index in [-0.39, 0.29) is 11.4 Å². The number of fused-ring (bicyclic) bond motifs is 1. The van der Waals surface area contributed by atoms with E-state index >= 15 is 0 Å². The summed E-state index contributed by atoms with van der Waals surface area (Å²) in [7, 11) is -3.69. The van der Waals surface area contributed by atoms with Gasteiger partial charge in [0.1, 0.15) is 21.7 Å². The van der Waals surface area contributed by atoms with Crippen molar-refractivity contribution in [3.05, 3.63) is 48.0 Å².